The van der Waals surface area contributed by atoms with Crippen molar-refractivity contribution in [2.45, 2.75) is 56.4 Å². The molecule has 0 saturated carbocycles. The Morgan fingerprint density at radius 2 is 1.61 bits per heavy atom. The molecule has 0 spiro atoms. The molecular formula is C14H22O9. The molecule has 5 atom stereocenters. The zero-order chi connectivity index (χ0) is 17.4. The molecule has 0 aromatic rings. The molecule has 0 radical (unpaired) electrons. The molecular weight excluding hydrogens is 312 g/mol. The van der Waals surface area contributed by atoms with E-state index in [2.05, 4.69) is 11.3 Å². The molecule has 0 bridgehead atoms. The molecule has 23 heavy (non-hydrogen) atoms. The molecule has 0 unspecified atom stereocenters. The van der Waals surface area contributed by atoms with E-state index in [4.69, 9.17) is 9.47 Å². The predicted octanol–water partition coefficient (Wildman–Crippen LogP) is -1.42. The number of carbonyl (C=O) groups is 2. The van der Waals surface area contributed by atoms with Gasteiger partial charge in [-0.05, 0) is 12.8 Å². The molecule has 1 saturated heterocycles. The lowest BCUT2D eigenvalue weighted by Gasteiger charge is -2.37. The van der Waals surface area contributed by atoms with Crippen molar-refractivity contribution in [1.29, 1.82) is 0 Å². The van der Waals surface area contributed by atoms with E-state index in [0.29, 0.717) is 12.8 Å². The van der Waals surface area contributed by atoms with Crippen LogP contribution in [0.3, 0.4) is 0 Å². The molecule has 0 amide bonds. The number of rotatable bonds is 8. The summed E-state index contributed by atoms with van der Waals surface area (Å²) >= 11 is 0. The van der Waals surface area contributed by atoms with Gasteiger partial charge in [-0.25, -0.2) is 0 Å². The summed E-state index contributed by atoms with van der Waals surface area (Å²) < 4.78 is 14.3. The second-order valence-electron chi connectivity index (χ2n) is 5.08. The van der Waals surface area contributed by atoms with E-state index in [9.17, 15) is 30.0 Å². The highest BCUT2D eigenvalue weighted by molar-refractivity contribution is 5.70. The third-order valence-corrected chi connectivity index (χ3v) is 3.32. The second-order valence-corrected chi connectivity index (χ2v) is 5.08. The number of aliphatic hydroxyl groups excluding tert-OH is 4. The van der Waals surface area contributed by atoms with Crippen LogP contribution in [-0.4, -0.2) is 69.7 Å². The van der Waals surface area contributed by atoms with Crippen LogP contribution < -0.4 is 0 Å². The number of hydrogen-bond donors (Lipinski definition) is 4. The van der Waals surface area contributed by atoms with Gasteiger partial charge in [0.15, 0.2) is 6.29 Å². The highest BCUT2D eigenvalue weighted by Gasteiger charge is 2.43. The summed E-state index contributed by atoms with van der Waals surface area (Å²) in [7, 11) is 0. The second kappa shape index (κ2) is 9.58. The average Bonchev–Trinajstić information content (AvgIpc) is 2.52. The lowest BCUT2D eigenvalue weighted by atomic mass is 9.99. The van der Waals surface area contributed by atoms with E-state index in [1.54, 1.807) is 0 Å². The third-order valence-electron chi connectivity index (χ3n) is 3.32. The Bertz CT molecular complexity index is 411. The normalized spacial score (nSPS) is 30.5. The fourth-order valence-electron chi connectivity index (χ4n) is 2.01. The molecule has 0 aromatic carbocycles. The zero-order valence-electron chi connectivity index (χ0n) is 12.5. The first-order valence-corrected chi connectivity index (χ1v) is 7.20. The Hall–Kier alpha value is -1.52. The van der Waals surface area contributed by atoms with Crippen LogP contribution in [0.5, 0.6) is 0 Å². The Labute approximate surface area is 133 Å². The highest BCUT2D eigenvalue weighted by atomic mass is 16.6. The van der Waals surface area contributed by atoms with Crippen LogP contribution in [0.1, 0.15) is 25.7 Å². The molecule has 4 N–H and O–H groups in total. The third kappa shape index (κ3) is 6.24. The molecule has 9 nitrogen and oxygen atoms in total. The fourth-order valence-corrected chi connectivity index (χ4v) is 2.01. The van der Waals surface area contributed by atoms with Gasteiger partial charge in [-0.2, -0.15) is 0 Å². The number of hydrogen-bond acceptors (Lipinski definition) is 9. The summed E-state index contributed by atoms with van der Waals surface area (Å²) in [6.07, 6.45) is -5.45. The standard InChI is InChI=1S/C14H22O9/c1-2-21-9(15)5-3-4-6-10(16)22-7-8-11(17)12(18)13(19)14(20)23-8/h2,8,11-14,17-20H,1,3-7H2/t8-,11+,12+,13-,14+/m1/s1. The summed E-state index contributed by atoms with van der Waals surface area (Å²) in [6.45, 7) is 2.87. The van der Waals surface area contributed by atoms with Crippen molar-refractivity contribution < 1.29 is 44.2 Å². The van der Waals surface area contributed by atoms with Crippen molar-refractivity contribution in [3.63, 3.8) is 0 Å². The maximum absolute atomic E-state index is 11.5. The van der Waals surface area contributed by atoms with Crippen molar-refractivity contribution in [3.8, 4) is 0 Å². The van der Waals surface area contributed by atoms with Gasteiger partial charge < -0.3 is 34.6 Å². The van der Waals surface area contributed by atoms with Gasteiger partial charge in [-0.1, -0.05) is 6.58 Å². The van der Waals surface area contributed by atoms with Gasteiger partial charge in [0.1, 0.15) is 31.0 Å². The van der Waals surface area contributed by atoms with E-state index in [1.165, 1.54) is 0 Å². The van der Waals surface area contributed by atoms with Gasteiger partial charge >= 0.3 is 11.9 Å². The smallest absolute Gasteiger partial charge is 0.310 e. The molecule has 132 valence electrons. The van der Waals surface area contributed by atoms with Gasteiger partial charge in [-0.3, -0.25) is 9.59 Å². The van der Waals surface area contributed by atoms with Crippen LogP contribution >= 0.6 is 0 Å². The molecule has 1 fully saturated rings. The van der Waals surface area contributed by atoms with Crippen LogP contribution in [0.4, 0.5) is 0 Å². The highest BCUT2D eigenvalue weighted by Crippen LogP contribution is 2.20. The van der Waals surface area contributed by atoms with Gasteiger partial charge in [0.2, 0.25) is 0 Å². The summed E-state index contributed by atoms with van der Waals surface area (Å²) in [5.41, 5.74) is 0. The number of esters is 2. The van der Waals surface area contributed by atoms with E-state index in [1.807, 2.05) is 0 Å². The summed E-state index contributed by atoms with van der Waals surface area (Å²) in [4.78, 5) is 22.5. The van der Waals surface area contributed by atoms with Crippen LogP contribution in [0.15, 0.2) is 12.8 Å². The minimum atomic E-state index is -1.67. The van der Waals surface area contributed by atoms with Crippen LogP contribution in [-0.2, 0) is 23.8 Å². The average molecular weight is 334 g/mol. The number of ether oxygens (including phenoxy) is 3. The van der Waals surface area contributed by atoms with Crippen molar-refractivity contribution in [3.05, 3.63) is 12.8 Å². The topological polar surface area (TPSA) is 143 Å². The maximum Gasteiger partial charge on any atom is 0.310 e. The first-order valence-electron chi connectivity index (χ1n) is 7.20. The van der Waals surface area contributed by atoms with Gasteiger partial charge in [0.25, 0.3) is 0 Å². The number of unbranched alkanes of at least 4 members (excludes halogenated alkanes) is 1. The van der Waals surface area contributed by atoms with E-state index in [0.717, 1.165) is 6.26 Å². The van der Waals surface area contributed by atoms with Crippen molar-refractivity contribution in [2.24, 2.45) is 0 Å². The van der Waals surface area contributed by atoms with E-state index < -0.39 is 42.6 Å². The monoisotopic (exact) mass is 334 g/mol. The van der Waals surface area contributed by atoms with Crippen molar-refractivity contribution in [1.82, 2.24) is 0 Å². The first-order chi connectivity index (χ1) is 10.9. The lowest BCUT2D eigenvalue weighted by molar-refractivity contribution is -0.287. The molecule has 0 aromatic heterocycles. The van der Waals surface area contributed by atoms with Crippen molar-refractivity contribution >= 4 is 11.9 Å². The molecule has 0 aliphatic carbocycles. The molecule has 1 aliphatic heterocycles. The largest absolute Gasteiger partial charge is 0.463 e. The summed E-state index contributed by atoms with van der Waals surface area (Å²) in [6, 6.07) is 0. The molecule has 1 rings (SSSR count). The van der Waals surface area contributed by atoms with E-state index in [-0.39, 0.29) is 19.4 Å². The Morgan fingerprint density at radius 1 is 1.00 bits per heavy atom. The predicted molar refractivity (Wildman–Crippen MR) is 74.6 cm³/mol. The number of aliphatic hydroxyl groups is 4. The first kappa shape index (κ1) is 19.5. The fraction of sp³-hybridized carbons (Fsp3) is 0.714. The molecule has 1 aliphatic rings. The Balaban J connectivity index is 2.23. The summed E-state index contributed by atoms with van der Waals surface area (Å²) in [5, 5.41) is 37.8. The minimum Gasteiger partial charge on any atom is -0.463 e. The van der Waals surface area contributed by atoms with Crippen LogP contribution in [0, 0.1) is 0 Å². The Kier molecular flexibility index (Phi) is 8.13. The SMILES string of the molecule is C=COC(=O)CCCCC(=O)OC[C@H]1O[C@H](O)[C@H](O)[C@@H](O)[C@H]1O. The quantitative estimate of drug-likeness (QED) is 0.239. The number of carbonyl (C=O) groups excluding carboxylic acids is 2. The van der Waals surface area contributed by atoms with Crippen LogP contribution in [0.2, 0.25) is 0 Å². The minimum absolute atomic E-state index is 0.0535. The maximum atomic E-state index is 11.5. The molecule has 1 heterocycles. The van der Waals surface area contributed by atoms with Crippen molar-refractivity contribution in [2.75, 3.05) is 6.61 Å². The Morgan fingerprint density at radius 3 is 2.22 bits per heavy atom. The van der Waals surface area contributed by atoms with Crippen LogP contribution in [0.25, 0.3) is 0 Å². The molecule has 9 heteroatoms. The van der Waals surface area contributed by atoms with Gasteiger partial charge in [0, 0.05) is 12.8 Å². The van der Waals surface area contributed by atoms with Gasteiger partial charge in [0.05, 0.1) is 6.26 Å². The van der Waals surface area contributed by atoms with E-state index >= 15 is 0 Å². The summed E-state index contributed by atoms with van der Waals surface area (Å²) in [5.74, 6) is -1.01. The lowest BCUT2D eigenvalue weighted by Crippen LogP contribution is -2.58. The zero-order valence-corrected chi connectivity index (χ0v) is 12.5. The van der Waals surface area contributed by atoms with Gasteiger partial charge in [-0.15, -0.1) is 0 Å².